The van der Waals surface area contributed by atoms with Gasteiger partial charge in [-0.3, -0.25) is 0 Å². The monoisotopic (exact) mass is 545 g/mol. The molecule has 3 nitrogen and oxygen atoms in total. The third-order valence-electron chi connectivity index (χ3n) is 5.29. The maximum Gasteiger partial charge on any atom is 0.175 e. The number of allylic oxidation sites excluding steroid dienone is 1. The van der Waals surface area contributed by atoms with Crippen molar-refractivity contribution in [3.8, 4) is 17.6 Å². The molecule has 0 bridgehead atoms. The first-order valence-electron chi connectivity index (χ1n) is 10.8. The Morgan fingerprint density at radius 2 is 1.76 bits per heavy atom. The van der Waals surface area contributed by atoms with Crippen LogP contribution in [-0.2, 0) is 6.61 Å². The highest BCUT2D eigenvalue weighted by Gasteiger charge is 2.13. The van der Waals surface area contributed by atoms with Crippen LogP contribution in [0.15, 0.2) is 78.9 Å². The number of benzene rings is 4. The first kappa shape index (κ1) is 22.9. The molecule has 0 atom stereocenters. The van der Waals surface area contributed by atoms with Crippen molar-refractivity contribution in [3.05, 3.63) is 105 Å². The molecule has 0 aliphatic heterocycles. The molecule has 164 valence electrons. The van der Waals surface area contributed by atoms with E-state index in [2.05, 4.69) is 72.0 Å². The Balaban J connectivity index is 1.66. The molecule has 4 rings (SSSR count). The van der Waals surface area contributed by atoms with E-state index >= 15 is 0 Å². The molecule has 0 amide bonds. The summed E-state index contributed by atoms with van der Waals surface area (Å²) in [5.41, 5.74) is 4.71. The van der Waals surface area contributed by atoms with Gasteiger partial charge in [0.05, 0.1) is 21.8 Å². The van der Waals surface area contributed by atoms with Crippen molar-refractivity contribution < 1.29 is 9.47 Å². The smallest absolute Gasteiger partial charge is 0.175 e. The normalized spacial score (nSPS) is 11.3. The molecule has 0 aromatic heterocycles. The molecular weight excluding hydrogens is 521 g/mol. The minimum atomic E-state index is 0.466. The standard InChI is InChI=1S/C29H24INO2/c1-3-32-28-16-22(15-27(30)29(28)33-19-21-8-6-7-20(2)13-21)14-26(18-31)25-12-11-23-9-4-5-10-24(23)17-25/h4-17H,3,19H2,1-2H3/b26-14-. The lowest BCUT2D eigenvalue weighted by Crippen LogP contribution is -2.02. The lowest BCUT2D eigenvalue weighted by molar-refractivity contribution is 0.267. The summed E-state index contributed by atoms with van der Waals surface area (Å²) in [5.74, 6) is 1.40. The summed E-state index contributed by atoms with van der Waals surface area (Å²) in [7, 11) is 0. The van der Waals surface area contributed by atoms with Gasteiger partial charge in [-0.05, 0) is 88.2 Å². The molecule has 4 aromatic rings. The zero-order valence-corrected chi connectivity index (χ0v) is 20.8. The van der Waals surface area contributed by atoms with Gasteiger partial charge in [0.1, 0.15) is 6.61 Å². The molecule has 0 radical (unpaired) electrons. The SMILES string of the molecule is CCOc1cc(/C=C(/C#N)c2ccc3ccccc3c2)cc(I)c1OCc1cccc(C)c1. The second kappa shape index (κ2) is 10.5. The van der Waals surface area contributed by atoms with Gasteiger partial charge in [0, 0.05) is 0 Å². The maximum atomic E-state index is 9.87. The van der Waals surface area contributed by atoms with Crippen LogP contribution in [0.25, 0.3) is 22.4 Å². The van der Waals surface area contributed by atoms with Crippen molar-refractivity contribution >= 4 is 45.0 Å². The average Bonchev–Trinajstić information content (AvgIpc) is 2.82. The quantitative estimate of drug-likeness (QED) is 0.135. The average molecular weight is 545 g/mol. The molecule has 0 spiro atoms. The van der Waals surface area contributed by atoms with Crippen molar-refractivity contribution in [1.29, 1.82) is 5.26 Å². The summed E-state index contributed by atoms with van der Waals surface area (Å²) in [5, 5.41) is 12.1. The number of rotatable bonds is 7. The molecule has 0 fully saturated rings. The summed E-state index contributed by atoms with van der Waals surface area (Å²) in [4.78, 5) is 0. The Kier molecular flexibility index (Phi) is 7.31. The number of nitrogens with zero attached hydrogens (tertiary/aromatic N) is 1. The number of hydrogen-bond acceptors (Lipinski definition) is 3. The molecule has 0 aliphatic carbocycles. The summed E-state index contributed by atoms with van der Waals surface area (Å²) in [6.45, 7) is 5.02. The summed E-state index contributed by atoms with van der Waals surface area (Å²) in [6, 6.07) is 28.8. The van der Waals surface area contributed by atoms with Crippen LogP contribution in [0.3, 0.4) is 0 Å². The second-order valence-corrected chi connectivity index (χ2v) is 8.93. The van der Waals surface area contributed by atoms with Crippen LogP contribution in [0.1, 0.15) is 29.2 Å². The minimum absolute atomic E-state index is 0.466. The van der Waals surface area contributed by atoms with Gasteiger partial charge in [-0.25, -0.2) is 0 Å². The van der Waals surface area contributed by atoms with E-state index in [-0.39, 0.29) is 0 Å². The van der Waals surface area contributed by atoms with Gasteiger partial charge in [-0.2, -0.15) is 5.26 Å². The van der Waals surface area contributed by atoms with Crippen molar-refractivity contribution in [2.75, 3.05) is 6.61 Å². The zero-order chi connectivity index (χ0) is 23.2. The fourth-order valence-corrected chi connectivity index (χ4v) is 4.52. The summed E-state index contributed by atoms with van der Waals surface area (Å²) >= 11 is 2.27. The van der Waals surface area contributed by atoms with Gasteiger partial charge in [0.2, 0.25) is 0 Å². The van der Waals surface area contributed by atoms with Crippen LogP contribution < -0.4 is 9.47 Å². The van der Waals surface area contributed by atoms with Crippen LogP contribution in [0.4, 0.5) is 0 Å². The minimum Gasteiger partial charge on any atom is -0.490 e. The van der Waals surface area contributed by atoms with E-state index in [4.69, 9.17) is 9.47 Å². The third-order valence-corrected chi connectivity index (χ3v) is 6.09. The van der Waals surface area contributed by atoms with Crippen LogP contribution in [0.2, 0.25) is 0 Å². The number of hydrogen-bond donors (Lipinski definition) is 0. The second-order valence-electron chi connectivity index (χ2n) is 7.77. The van der Waals surface area contributed by atoms with E-state index in [0.717, 1.165) is 36.8 Å². The number of ether oxygens (including phenoxy) is 2. The number of nitriles is 1. The first-order valence-corrected chi connectivity index (χ1v) is 11.9. The molecule has 0 N–H and O–H groups in total. The molecule has 0 saturated carbocycles. The molecule has 0 saturated heterocycles. The number of aryl methyl sites for hydroxylation is 1. The van der Waals surface area contributed by atoms with Gasteiger partial charge in [0.15, 0.2) is 11.5 Å². The van der Waals surface area contributed by atoms with Gasteiger partial charge in [-0.1, -0.05) is 66.2 Å². The molecular formula is C29H24INO2. The Morgan fingerprint density at radius 1 is 0.939 bits per heavy atom. The van der Waals surface area contributed by atoms with Crippen molar-refractivity contribution in [1.82, 2.24) is 0 Å². The summed E-state index contributed by atoms with van der Waals surface area (Å²) in [6.07, 6.45) is 1.90. The van der Waals surface area contributed by atoms with Crippen LogP contribution in [-0.4, -0.2) is 6.61 Å². The van der Waals surface area contributed by atoms with Crippen LogP contribution in [0, 0.1) is 21.8 Å². The van der Waals surface area contributed by atoms with E-state index in [1.165, 1.54) is 5.56 Å². The predicted molar refractivity (Wildman–Crippen MR) is 143 cm³/mol. The van der Waals surface area contributed by atoms with E-state index in [9.17, 15) is 5.26 Å². The van der Waals surface area contributed by atoms with Gasteiger partial charge in [-0.15, -0.1) is 0 Å². The molecule has 33 heavy (non-hydrogen) atoms. The van der Waals surface area contributed by atoms with Gasteiger partial charge < -0.3 is 9.47 Å². The van der Waals surface area contributed by atoms with E-state index in [1.54, 1.807) is 0 Å². The highest BCUT2D eigenvalue weighted by Crippen LogP contribution is 2.36. The topological polar surface area (TPSA) is 42.2 Å². The Bertz CT molecular complexity index is 1370. The first-order chi connectivity index (χ1) is 16.1. The molecule has 0 unspecified atom stereocenters. The number of halogens is 1. The Hall–Kier alpha value is -3.30. The fraction of sp³-hybridized carbons (Fsp3) is 0.138. The van der Waals surface area contributed by atoms with Crippen molar-refractivity contribution in [2.45, 2.75) is 20.5 Å². The summed E-state index contributed by atoms with van der Waals surface area (Å²) < 4.78 is 13.0. The lowest BCUT2D eigenvalue weighted by Gasteiger charge is -2.15. The fourth-order valence-electron chi connectivity index (χ4n) is 3.74. The molecule has 4 aromatic carbocycles. The predicted octanol–water partition coefficient (Wildman–Crippen LogP) is 7.79. The third kappa shape index (κ3) is 5.55. The molecule has 0 heterocycles. The van der Waals surface area contributed by atoms with Crippen LogP contribution >= 0.6 is 22.6 Å². The molecule has 4 heteroatoms. The Morgan fingerprint density at radius 3 is 2.52 bits per heavy atom. The van der Waals surface area contributed by atoms with Crippen molar-refractivity contribution in [2.24, 2.45) is 0 Å². The van der Waals surface area contributed by atoms with Gasteiger partial charge >= 0.3 is 0 Å². The van der Waals surface area contributed by atoms with Gasteiger partial charge in [0.25, 0.3) is 0 Å². The number of fused-ring (bicyclic) bond motifs is 1. The Labute approximate surface area is 208 Å². The highest BCUT2D eigenvalue weighted by molar-refractivity contribution is 14.1. The van der Waals surface area contributed by atoms with Crippen LogP contribution in [0.5, 0.6) is 11.5 Å². The largest absolute Gasteiger partial charge is 0.490 e. The zero-order valence-electron chi connectivity index (χ0n) is 18.6. The van der Waals surface area contributed by atoms with E-state index < -0.39 is 0 Å². The highest BCUT2D eigenvalue weighted by atomic mass is 127. The molecule has 0 aliphatic rings. The maximum absolute atomic E-state index is 9.87. The van der Waals surface area contributed by atoms with E-state index in [0.29, 0.717) is 24.5 Å². The van der Waals surface area contributed by atoms with E-state index in [1.807, 2.05) is 55.5 Å². The van der Waals surface area contributed by atoms with Crippen molar-refractivity contribution in [3.63, 3.8) is 0 Å². The lowest BCUT2D eigenvalue weighted by atomic mass is 10.00.